The van der Waals surface area contributed by atoms with Gasteiger partial charge in [-0.25, -0.2) is 13.1 Å². The number of sulfonamides is 1. The summed E-state index contributed by atoms with van der Waals surface area (Å²) in [6.45, 7) is 5.32. The molecule has 1 rings (SSSR count). The van der Waals surface area contributed by atoms with Gasteiger partial charge in [-0.15, -0.1) is 0 Å². The van der Waals surface area contributed by atoms with Crippen molar-refractivity contribution in [1.82, 2.24) is 4.72 Å². The van der Waals surface area contributed by atoms with Crippen LogP contribution in [0.1, 0.15) is 26.3 Å². The van der Waals surface area contributed by atoms with Crippen molar-refractivity contribution < 1.29 is 23.0 Å². The molecule has 0 bridgehead atoms. The van der Waals surface area contributed by atoms with Gasteiger partial charge in [0.05, 0.1) is 25.7 Å². The molecule has 1 aromatic carbocycles. The van der Waals surface area contributed by atoms with E-state index in [1.807, 2.05) is 13.8 Å². The molecule has 7 heteroatoms. The van der Waals surface area contributed by atoms with E-state index in [0.29, 0.717) is 11.3 Å². The fourth-order valence-corrected chi connectivity index (χ4v) is 3.19. The molecule has 0 saturated carbocycles. The zero-order chi connectivity index (χ0) is 16.2. The summed E-state index contributed by atoms with van der Waals surface area (Å²) in [7, 11) is -0.840. The van der Waals surface area contributed by atoms with Crippen molar-refractivity contribution in [1.29, 1.82) is 0 Å². The second-order valence-corrected chi connectivity index (χ2v) is 6.84. The lowest BCUT2D eigenvalue weighted by Gasteiger charge is -2.19. The molecule has 0 heterocycles. The fourth-order valence-electron chi connectivity index (χ4n) is 1.74. The van der Waals surface area contributed by atoms with Crippen molar-refractivity contribution in [3.63, 3.8) is 0 Å². The molecule has 6 nitrogen and oxygen atoms in total. The van der Waals surface area contributed by atoms with E-state index in [1.165, 1.54) is 26.4 Å². The van der Waals surface area contributed by atoms with Crippen LogP contribution in [0.25, 0.3) is 0 Å². The molecule has 1 unspecified atom stereocenters. The highest BCUT2D eigenvalue weighted by Crippen LogP contribution is 2.34. The predicted octanol–water partition coefficient (Wildman–Crippen LogP) is 1.52. The maximum atomic E-state index is 12.4. The lowest BCUT2D eigenvalue weighted by molar-refractivity contribution is 0.269. The first-order chi connectivity index (χ1) is 9.76. The predicted molar refractivity (Wildman–Crippen MR) is 80.1 cm³/mol. The maximum Gasteiger partial charge on any atom is 0.240 e. The van der Waals surface area contributed by atoms with E-state index < -0.39 is 10.0 Å². The standard InChI is InChI=1S/C14H23NO5S/c1-9(2)10(3)15-21(17,18)12-6-11(8-16)14(20-5)13(7-12)19-4/h6-7,9-10,15-16H,8H2,1-5H3. The lowest BCUT2D eigenvalue weighted by Crippen LogP contribution is -2.36. The number of aliphatic hydroxyl groups excluding tert-OH is 1. The van der Waals surface area contributed by atoms with Gasteiger partial charge >= 0.3 is 0 Å². The number of methoxy groups -OCH3 is 2. The Kier molecular flexibility index (Phi) is 6.00. The van der Waals surface area contributed by atoms with Crippen LogP contribution in [-0.4, -0.2) is 33.8 Å². The molecule has 0 saturated heterocycles. The molecule has 0 fully saturated rings. The number of hydrogen-bond acceptors (Lipinski definition) is 5. The minimum absolute atomic E-state index is 0.0386. The number of benzene rings is 1. The zero-order valence-corrected chi connectivity index (χ0v) is 13.8. The second-order valence-electron chi connectivity index (χ2n) is 5.13. The minimum Gasteiger partial charge on any atom is -0.493 e. The molecular formula is C14H23NO5S. The van der Waals surface area contributed by atoms with Crippen LogP contribution in [-0.2, 0) is 16.6 Å². The number of hydrogen-bond donors (Lipinski definition) is 2. The summed E-state index contributed by atoms with van der Waals surface area (Å²) < 4.78 is 37.7. The van der Waals surface area contributed by atoms with Gasteiger partial charge in [0.1, 0.15) is 0 Å². The van der Waals surface area contributed by atoms with Crippen molar-refractivity contribution in [2.45, 2.75) is 38.3 Å². The van der Waals surface area contributed by atoms with Crippen LogP contribution in [0.3, 0.4) is 0 Å². The van der Waals surface area contributed by atoms with Gasteiger partial charge in [-0.1, -0.05) is 13.8 Å². The number of aliphatic hydroxyl groups is 1. The Bertz CT molecular complexity index is 558. The Morgan fingerprint density at radius 3 is 2.24 bits per heavy atom. The van der Waals surface area contributed by atoms with Crippen LogP contribution in [0.4, 0.5) is 0 Å². The third-order valence-corrected chi connectivity index (χ3v) is 4.89. The lowest BCUT2D eigenvalue weighted by atomic mass is 10.1. The quantitative estimate of drug-likeness (QED) is 0.796. The summed E-state index contributed by atoms with van der Waals surface area (Å²) in [6, 6.07) is 2.56. The number of nitrogens with one attached hydrogen (secondary N) is 1. The molecule has 2 N–H and O–H groups in total. The Hall–Kier alpha value is -1.31. The smallest absolute Gasteiger partial charge is 0.240 e. The summed E-state index contributed by atoms with van der Waals surface area (Å²) >= 11 is 0. The highest BCUT2D eigenvalue weighted by molar-refractivity contribution is 7.89. The SMILES string of the molecule is COc1cc(S(=O)(=O)NC(C)C(C)C)cc(CO)c1OC. The van der Waals surface area contributed by atoms with E-state index in [9.17, 15) is 13.5 Å². The molecule has 0 aliphatic rings. The molecule has 1 atom stereocenters. The topological polar surface area (TPSA) is 84.9 Å². The van der Waals surface area contributed by atoms with E-state index in [2.05, 4.69) is 4.72 Å². The molecule has 120 valence electrons. The van der Waals surface area contributed by atoms with Gasteiger partial charge in [0.2, 0.25) is 10.0 Å². The summed E-state index contributed by atoms with van der Waals surface area (Å²) in [5, 5.41) is 9.38. The maximum absolute atomic E-state index is 12.4. The first kappa shape index (κ1) is 17.7. The normalized spacial score (nSPS) is 13.3. The Labute approximate surface area is 126 Å². The van der Waals surface area contributed by atoms with Crippen LogP contribution in [0, 0.1) is 5.92 Å². The fraction of sp³-hybridized carbons (Fsp3) is 0.571. The minimum atomic E-state index is -3.69. The summed E-state index contributed by atoms with van der Waals surface area (Å²) in [5.74, 6) is 0.759. The van der Waals surface area contributed by atoms with Crippen molar-refractivity contribution in [2.24, 2.45) is 5.92 Å². The molecule has 0 radical (unpaired) electrons. The van der Waals surface area contributed by atoms with Crippen LogP contribution in [0.5, 0.6) is 11.5 Å². The summed E-state index contributed by atoms with van der Waals surface area (Å²) in [5.41, 5.74) is 0.356. The third kappa shape index (κ3) is 4.09. The van der Waals surface area contributed by atoms with Crippen LogP contribution < -0.4 is 14.2 Å². The second kappa shape index (κ2) is 7.11. The first-order valence-electron chi connectivity index (χ1n) is 6.64. The molecule has 0 spiro atoms. The molecule has 1 aromatic rings. The average Bonchev–Trinajstić information content (AvgIpc) is 2.44. The van der Waals surface area contributed by atoms with Crippen molar-refractivity contribution in [3.05, 3.63) is 17.7 Å². The van der Waals surface area contributed by atoms with Gasteiger partial charge in [-0.2, -0.15) is 0 Å². The zero-order valence-electron chi connectivity index (χ0n) is 13.0. The van der Waals surface area contributed by atoms with E-state index >= 15 is 0 Å². The first-order valence-corrected chi connectivity index (χ1v) is 8.13. The summed E-state index contributed by atoms with van der Waals surface area (Å²) in [4.78, 5) is 0.0386. The van der Waals surface area contributed by atoms with Crippen LogP contribution >= 0.6 is 0 Å². The van der Waals surface area contributed by atoms with Gasteiger partial charge in [0.15, 0.2) is 11.5 Å². The highest BCUT2D eigenvalue weighted by atomic mass is 32.2. The largest absolute Gasteiger partial charge is 0.493 e. The molecule has 21 heavy (non-hydrogen) atoms. The van der Waals surface area contributed by atoms with Gasteiger partial charge in [-0.3, -0.25) is 0 Å². The molecular weight excluding hydrogens is 294 g/mol. The Balaban J connectivity index is 3.30. The molecule has 0 aromatic heterocycles. The summed E-state index contributed by atoms with van der Waals surface area (Å²) in [6.07, 6.45) is 0. The molecule has 0 amide bonds. The van der Waals surface area contributed by atoms with Crippen molar-refractivity contribution in [2.75, 3.05) is 14.2 Å². The van der Waals surface area contributed by atoms with Crippen molar-refractivity contribution in [3.8, 4) is 11.5 Å². The van der Waals surface area contributed by atoms with E-state index in [4.69, 9.17) is 9.47 Å². The van der Waals surface area contributed by atoms with E-state index in [0.717, 1.165) is 0 Å². The third-order valence-electron chi connectivity index (χ3n) is 3.35. The Morgan fingerprint density at radius 2 is 1.81 bits per heavy atom. The average molecular weight is 317 g/mol. The molecule has 0 aliphatic carbocycles. The van der Waals surface area contributed by atoms with Gasteiger partial charge in [0, 0.05) is 17.7 Å². The highest BCUT2D eigenvalue weighted by Gasteiger charge is 2.23. The Morgan fingerprint density at radius 1 is 1.19 bits per heavy atom. The monoisotopic (exact) mass is 317 g/mol. The van der Waals surface area contributed by atoms with Crippen LogP contribution in [0.15, 0.2) is 17.0 Å². The van der Waals surface area contributed by atoms with E-state index in [-0.39, 0.29) is 29.2 Å². The van der Waals surface area contributed by atoms with Crippen molar-refractivity contribution >= 4 is 10.0 Å². The van der Waals surface area contributed by atoms with Crippen LogP contribution in [0.2, 0.25) is 0 Å². The van der Waals surface area contributed by atoms with Gasteiger partial charge in [-0.05, 0) is 18.9 Å². The van der Waals surface area contributed by atoms with Gasteiger partial charge < -0.3 is 14.6 Å². The van der Waals surface area contributed by atoms with Gasteiger partial charge in [0.25, 0.3) is 0 Å². The number of rotatable bonds is 7. The van der Waals surface area contributed by atoms with E-state index in [1.54, 1.807) is 6.92 Å². The number of ether oxygens (including phenoxy) is 2. The molecule has 0 aliphatic heterocycles.